The van der Waals surface area contributed by atoms with Crippen LogP contribution in [0.4, 0.5) is 0 Å². The first-order chi connectivity index (χ1) is 16.8. The Morgan fingerprint density at radius 1 is 1.14 bits per heavy atom. The molecule has 1 aromatic carbocycles. The highest BCUT2D eigenvalue weighted by atomic mass is 35.5. The van der Waals surface area contributed by atoms with Gasteiger partial charge in [-0.1, -0.05) is 29.3 Å². The van der Waals surface area contributed by atoms with Gasteiger partial charge in [0.05, 0.1) is 28.8 Å². The Labute approximate surface area is 218 Å². The average Bonchev–Trinajstić information content (AvgIpc) is 3.02. The second kappa shape index (κ2) is 13.6. The molecule has 0 radical (unpaired) electrons. The zero-order valence-electron chi connectivity index (χ0n) is 20.7. The maximum Gasteiger partial charge on any atom is 0.246 e. The van der Waals surface area contributed by atoms with Crippen molar-refractivity contribution in [3.8, 4) is 0 Å². The number of piperidine rings is 1. The van der Waals surface area contributed by atoms with Crippen molar-refractivity contribution in [2.45, 2.75) is 57.2 Å². The van der Waals surface area contributed by atoms with Crippen molar-refractivity contribution < 1.29 is 19.4 Å². The number of carbonyl (C=O) groups is 2. The fourth-order valence-electron chi connectivity index (χ4n) is 4.89. The number of likely N-dealkylation sites (tertiary alicyclic amines) is 1. The summed E-state index contributed by atoms with van der Waals surface area (Å²) in [6.07, 6.45) is 6.83. The lowest BCUT2D eigenvalue weighted by Crippen LogP contribution is -2.54. The summed E-state index contributed by atoms with van der Waals surface area (Å²) in [6, 6.07) is 5.65. The Morgan fingerprint density at radius 3 is 2.66 bits per heavy atom. The van der Waals surface area contributed by atoms with Gasteiger partial charge in [0.15, 0.2) is 0 Å². The molecule has 0 aromatic heterocycles. The van der Waals surface area contributed by atoms with Crippen molar-refractivity contribution in [2.24, 2.45) is 0 Å². The minimum absolute atomic E-state index is 0.0279. The number of aliphatic hydroxyl groups is 1. The number of ether oxygens (including phenoxy) is 1. The molecule has 3 atom stereocenters. The zero-order valence-corrected chi connectivity index (χ0v) is 22.2. The van der Waals surface area contributed by atoms with Gasteiger partial charge in [0.1, 0.15) is 0 Å². The molecule has 2 fully saturated rings. The van der Waals surface area contributed by atoms with Gasteiger partial charge in [0, 0.05) is 51.8 Å². The predicted molar refractivity (Wildman–Crippen MR) is 140 cm³/mol. The number of nitrogens with zero attached hydrogens (tertiary/aromatic N) is 3. The van der Waals surface area contributed by atoms with E-state index in [9.17, 15) is 14.7 Å². The molecule has 1 N–H and O–H groups in total. The molecular weight excluding hydrogens is 489 g/mol. The summed E-state index contributed by atoms with van der Waals surface area (Å²) in [6.45, 7) is 5.76. The maximum atomic E-state index is 12.7. The minimum atomic E-state index is -0.354. The van der Waals surface area contributed by atoms with Crippen LogP contribution in [0.25, 0.3) is 6.08 Å². The van der Waals surface area contributed by atoms with E-state index in [4.69, 9.17) is 27.9 Å². The van der Waals surface area contributed by atoms with Crippen molar-refractivity contribution >= 4 is 41.1 Å². The summed E-state index contributed by atoms with van der Waals surface area (Å²) < 4.78 is 5.34. The van der Waals surface area contributed by atoms with E-state index in [-0.39, 0.29) is 24.0 Å². The van der Waals surface area contributed by atoms with Gasteiger partial charge in [-0.15, -0.1) is 0 Å². The number of halogens is 2. The number of hydrogen-bond acceptors (Lipinski definition) is 5. The third kappa shape index (κ3) is 7.92. The molecule has 2 aliphatic rings. The lowest BCUT2D eigenvalue weighted by Gasteiger charge is -2.43. The molecule has 35 heavy (non-hydrogen) atoms. The fraction of sp³-hybridized carbons (Fsp3) is 0.615. The molecule has 1 aromatic rings. The number of amides is 2. The predicted octanol–water partition coefficient (Wildman–Crippen LogP) is 3.71. The first-order valence-electron chi connectivity index (χ1n) is 12.4. The summed E-state index contributed by atoms with van der Waals surface area (Å²) in [4.78, 5) is 31.3. The first kappa shape index (κ1) is 27.9. The normalized spacial score (nSPS) is 24.3. The van der Waals surface area contributed by atoms with Crippen LogP contribution >= 0.6 is 23.2 Å². The van der Waals surface area contributed by atoms with Crippen LogP contribution in [0.1, 0.15) is 44.6 Å². The molecule has 2 aliphatic heterocycles. The van der Waals surface area contributed by atoms with Crippen LogP contribution < -0.4 is 0 Å². The number of methoxy groups -OCH3 is 1. The summed E-state index contributed by atoms with van der Waals surface area (Å²) in [5, 5.41) is 11.3. The van der Waals surface area contributed by atoms with E-state index in [2.05, 4.69) is 11.8 Å². The smallest absolute Gasteiger partial charge is 0.246 e. The Balaban J connectivity index is 1.45. The van der Waals surface area contributed by atoms with Crippen LogP contribution in [0.5, 0.6) is 0 Å². The summed E-state index contributed by atoms with van der Waals surface area (Å²) in [5.74, 6) is -0.0275. The lowest BCUT2D eigenvalue weighted by atomic mass is 9.93. The van der Waals surface area contributed by atoms with Gasteiger partial charge in [-0.25, -0.2) is 0 Å². The number of aliphatic hydroxyl groups excluding tert-OH is 1. The Morgan fingerprint density at radius 2 is 1.91 bits per heavy atom. The van der Waals surface area contributed by atoms with Gasteiger partial charge < -0.3 is 19.6 Å². The molecular formula is C26H37Cl2N3O4. The fourth-order valence-corrected chi connectivity index (χ4v) is 5.20. The van der Waals surface area contributed by atoms with E-state index in [0.29, 0.717) is 55.3 Å². The minimum Gasteiger partial charge on any atom is -0.391 e. The number of hydrogen-bond donors (Lipinski definition) is 1. The lowest BCUT2D eigenvalue weighted by molar-refractivity contribution is -0.130. The standard InChI is InChI=1S/C26H37Cl2N3O4/c1-19-5-9-24(32)23(18-35-2)31(19)13-4-3-12-29-15-16-30(14-11-26(29)34)25(33)10-7-20-6-8-21(27)22(28)17-20/h6-8,10,17,19,23-24,32H,3-5,9,11-16,18H2,1-2H3/b10-7+. The molecule has 194 valence electrons. The molecule has 0 saturated carbocycles. The van der Waals surface area contributed by atoms with Crippen molar-refractivity contribution in [2.75, 3.05) is 46.4 Å². The first-order valence-corrected chi connectivity index (χ1v) is 13.2. The van der Waals surface area contributed by atoms with Gasteiger partial charge in [0.25, 0.3) is 0 Å². The van der Waals surface area contributed by atoms with Crippen molar-refractivity contribution in [1.82, 2.24) is 14.7 Å². The Hall–Kier alpha value is -1.64. The number of rotatable bonds is 9. The zero-order chi connectivity index (χ0) is 25.4. The molecule has 0 aliphatic carbocycles. The second-order valence-corrected chi connectivity index (χ2v) is 10.2. The molecule has 3 unspecified atom stereocenters. The van der Waals surface area contributed by atoms with Crippen molar-refractivity contribution in [1.29, 1.82) is 0 Å². The van der Waals surface area contributed by atoms with Crippen LogP contribution in [0, 0.1) is 0 Å². The van der Waals surface area contributed by atoms with E-state index in [0.717, 1.165) is 37.8 Å². The Kier molecular flexibility index (Phi) is 10.9. The topological polar surface area (TPSA) is 73.3 Å². The average molecular weight is 527 g/mol. The Bertz CT molecular complexity index is 897. The van der Waals surface area contributed by atoms with E-state index in [1.165, 1.54) is 6.08 Å². The van der Waals surface area contributed by atoms with Gasteiger partial charge in [0.2, 0.25) is 11.8 Å². The maximum absolute atomic E-state index is 12.7. The molecule has 9 heteroatoms. The van der Waals surface area contributed by atoms with Crippen LogP contribution in [-0.4, -0.2) is 96.2 Å². The summed E-state index contributed by atoms with van der Waals surface area (Å²) in [5.41, 5.74) is 0.795. The summed E-state index contributed by atoms with van der Waals surface area (Å²) in [7, 11) is 1.67. The summed E-state index contributed by atoms with van der Waals surface area (Å²) >= 11 is 12.0. The van der Waals surface area contributed by atoms with E-state index < -0.39 is 0 Å². The molecule has 0 spiro atoms. The van der Waals surface area contributed by atoms with Crippen LogP contribution in [0.2, 0.25) is 10.0 Å². The third-order valence-corrected chi connectivity index (χ3v) is 7.75. The SMILES string of the molecule is COCC1C(O)CCC(C)N1CCCCN1CCN(C(=O)/C=C/c2ccc(Cl)c(Cl)c2)CCC1=O. The number of carbonyl (C=O) groups excluding carboxylic acids is 2. The van der Waals surface area contributed by atoms with Gasteiger partial charge >= 0.3 is 0 Å². The third-order valence-electron chi connectivity index (χ3n) is 7.01. The van der Waals surface area contributed by atoms with E-state index in [1.807, 2.05) is 4.90 Å². The number of benzene rings is 1. The highest BCUT2D eigenvalue weighted by Crippen LogP contribution is 2.25. The van der Waals surface area contributed by atoms with Gasteiger partial charge in [-0.2, -0.15) is 0 Å². The molecule has 2 saturated heterocycles. The highest BCUT2D eigenvalue weighted by molar-refractivity contribution is 6.42. The molecule has 2 amide bonds. The molecule has 2 heterocycles. The second-order valence-electron chi connectivity index (χ2n) is 9.42. The van der Waals surface area contributed by atoms with Crippen LogP contribution in [-0.2, 0) is 14.3 Å². The highest BCUT2D eigenvalue weighted by Gasteiger charge is 2.33. The van der Waals surface area contributed by atoms with E-state index in [1.54, 1.807) is 36.3 Å². The van der Waals surface area contributed by atoms with Crippen LogP contribution in [0.15, 0.2) is 24.3 Å². The van der Waals surface area contributed by atoms with Crippen molar-refractivity contribution in [3.63, 3.8) is 0 Å². The van der Waals surface area contributed by atoms with Gasteiger partial charge in [-0.05, 0) is 62.9 Å². The van der Waals surface area contributed by atoms with E-state index >= 15 is 0 Å². The quantitative estimate of drug-likeness (QED) is 0.393. The largest absolute Gasteiger partial charge is 0.391 e. The monoisotopic (exact) mass is 525 g/mol. The van der Waals surface area contributed by atoms with Crippen LogP contribution in [0.3, 0.4) is 0 Å². The van der Waals surface area contributed by atoms with Crippen molar-refractivity contribution in [3.05, 3.63) is 39.9 Å². The molecule has 0 bridgehead atoms. The molecule has 3 rings (SSSR count). The molecule has 7 nitrogen and oxygen atoms in total. The number of unbranched alkanes of at least 4 members (excludes halogenated alkanes) is 1. The van der Waals surface area contributed by atoms with Gasteiger partial charge in [-0.3, -0.25) is 14.5 Å².